The lowest BCUT2D eigenvalue weighted by atomic mass is 9.73. The normalized spacial score (nSPS) is 21.6. The Morgan fingerprint density at radius 2 is 2.00 bits per heavy atom. The number of aryl methyl sites for hydroxylation is 2. The highest BCUT2D eigenvalue weighted by Gasteiger charge is 2.39. The van der Waals surface area contributed by atoms with Gasteiger partial charge in [-0.2, -0.15) is 5.10 Å². The van der Waals surface area contributed by atoms with Crippen LogP contribution in [0.5, 0.6) is 0 Å². The molecule has 102 valence electrons. The predicted octanol–water partition coefficient (Wildman–Crippen LogP) is 2.06. The van der Waals surface area contributed by atoms with Gasteiger partial charge in [0.05, 0.1) is 11.8 Å². The molecule has 4 heteroatoms. The van der Waals surface area contributed by atoms with Gasteiger partial charge in [-0.05, 0) is 19.8 Å². The molecule has 1 heterocycles. The standard InChI is InChI=1S/C14H25N3O/c1-11-12(9-17(2)16-11)13(18)14(10-15)7-5-3-4-6-8-14/h9,13,18H,3-8,10,15H2,1-2H3. The zero-order valence-corrected chi connectivity index (χ0v) is 11.5. The average Bonchev–Trinajstić information content (AvgIpc) is 2.57. The van der Waals surface area contributed by atoms with E-state index in [4.69, 9.17) is 5.73 Å². The molecule has 0 aromatic carbocycles. The molecule has 3 N–H and O–H groups in total. The highest BCUT2D eigenvalue weighted by Crippen LogP contribution is 2.44. The number of hydrogen-bond donors (Lipinski definition) is 2. The minimum atomic E-state index is -0.478. The van der Waals surface area contributed by atoms with Crippen molar-refractivity contribution in [3.63, 3.8) is 0 Å². The average molecular weight is 251 g/mol. The molecule has 4 nitrogen and oxygen atoms in total. The Labute approximate surface area is 109 Å². The maximum absolute atomic E-state index is 10.8. The number of hydrogen-bond acceptors (Lipinski definition) is 3. The minimum absolute atomic E-state index is 0.149. The van der Waals surface area contributed by atoms with Gasteiger partial charge in [-0.3, -0.25) is 4.68 Å². The Hall–Kier alpha value is -0.870. The van der Waals surface area contributed by atoms with Crippen LogP contribution in [0, 0.1) is 12.3 Å². The van der Waals surface area contributed by atoms with Crippen molar-refractivity contribution in [1.29, 1.82) is 0 Å². The first-order valence-electron chi connectivity index (χ1n) is 6.97. The van der Waals surface area contributed by atoms with Crippen LogP contribution in [0.4, 0.5) is 0 Å². The Bertz CT molecular complexity index is 392. The third kappa shape index (κ3) is 2.45. The van der Waals surface area contributed by atoms with Crippen LogP contribution in [0.25, 0.3) is 0 Å². The van der Waals surface area contributed by atoms with Gasteiger partial charge < -0.3 is 10.8 Å². The molecular formula is C14H25N3O. The van der Waals surface area contributed by atoms with Gasteiger partial charge in [0.2, 0.25) is 0 Å². The summed E-state index contributed by atoms with van der Waals surface area (Å²) in [6.07, 6.45) is 8.39. The van der Waals surface area contributed by atoms with Crippen LogP contribution in [0.2, 0.25) is 0 Å². The first-order valence-corrected chi connectivity index (χ1v) is 6.97. The molecule has 1 saturated carbocycles. The van der Waals surface area contributed by atoms with E-state index in [1.807, 2.05) is 20.2 Å². The molecule has 0 spiro atoms. The molecule has 1 unspecified atom stereocenters. The van der Waals surface area contributed by atoms with Gasteiger partial charge in [0.25, 0.3) is 0 Å². The fourth-order valence-corrected chi connectivity index (χ4v) is 3.24. The summed E-state index contributed by atoms with van der Waals surface area (Å²) in [5, 5.41) is 15.1. The molecule has 2 rings (SSSR count). The van der Waals surface area contributed by atoms with E-state index in [0.29, 0.717) is 6.54 Å². The van der Waals surface area contributed by atoms with Crippen molar-refractivity contribution in [2.75, 3.05) is 6.54 Å². The molecule has 0 aliphatic heterocycles. The summed E-state index contributed by atoms with van der Waals surface area (Å²) < 4.78 is 1.77. The fraction of sp³-hybridized carbons (Fsp3) is 0.786. The summed E-state index contributed by atoms with van der Waals surface area (Å²) >= 11 is 0. The summed E-state index contributed by atoms with van der Waals surface area (Å²) in [5.41, 5.74) is 7.73. The van der Waals surface area contributed by atoms with E-state index >= 15 is 0 Å². The lowest BCUT2D eigenvalue weighted by Gasteiger charge is -2.36. The van der Waals surface area contributed by atoms with E-state index in [0.717, 1.165) is 24.1 Å². The molecule has 1 aromatic heterocycles. The van der Waals surface area contributed by atoms with Crippen LogP contribution in [0.15, 0.2) is 6.20 Å². The summed E-state index contributed by atoms with van der Waals surface area (Å²) in [4.78, 5) is 0. The zero-order chi connectivity index (χ0) is 13.2. The van der Waals surface area contributed by atoms with Gasteiger partial charge in [-0.15, -0.1) is 0 Å². The van der Waals surface area contributed by atoms with E-state index in [1.54, 1.807) is 4.68 Å². The quantitative estimate of drug-likeness (QED) is 0.808. The third-order valence-electron chi connectivity index (χ3n) is 4.43. The van der Waals surface area contributed by atoms with Gasteiger partial charge in [-0.1, -0.05) is 25.7 Å². The van der Waals surface area contributed by atoms with Crippen LogP contribution in [0.3, 0.4) is 0 Å². The van der Waals surface area contributed by atoms with Gasteiger partial charge >= 0.3 is 0 Å². The van der Waals surface area contributed by atoms with Crippen LogP contribution in [-0.2, 0) is 7.05 Å². The molecule has 18 heavy (non-hydrogen) atoms. The summed E-state index contributed by atoms with van der Waals surface area (Å²) in [5.74, 6) is 0. The van der Waals surface area contributed by atoms with Crippen LogP contribution in [-0.4, -0.2) is 21.4 Å². The molecule has 0 radical (unpaired) electrons. The molecule has 1 aliphatic carbocycles. The number of rotatable bonds is 3. The van der Waals surface area contributed by atoms with Crippen molar-refractivity contribution in [2.45, 2.75) is 51.6 Å². The number of aliphatic hydroxyl groups is 1. The fourth-order valence-electron chi connectivity index (χ4n) is 3.24. The first-order chi connectivity index (χ1) is 8.59. The van der Waals surface area contributed by atoms with E-state index in [1.165, 1.54) is 25.7 Å². The Morgan fingerprint density at radius 1 is 1.39 bits per heavy atom. The monoisotopic (exact) mass is 251 g/mol. The van der Waals surface area contributed by atoms with E-state index in [9.17, 15) is 5.11 Å². The second-order valence-corrected chi connectivity index (χ2v) is 5.73. The first kappa shape index (κ1) is 13.6. The molecule has 1 aliphatic rings. The molecule has 0 saturated heterocycles. The molecule has 1 atom stereocenters. The van der Waals surface area contributed by atoms with Crippen LogP contribution < -0.4 is 5.73 Å². The second-order valence-electron chi connectivity index (χ2n) is 5.73. The summed E-state index contributed by atoms with van der Waals surface area (Å²) in [6, 6.07) is 0. The van der Waals surface area contributed by atoms with Crippen molar-refractivity contribution in [3.05, 3.63) is 17.5 Å². The lowest BCUT2D eigenvalue weighted by Crippen LogP contribution is -2.36. The van der Waals surface area contributed by atoms with Crippen LogP contribution in [0.1, 0.15) is 55.9 Å². The van der Waals surface area contributed by atoms with Crippen molar-refractivity contribution in [3.8, 4) is 0 Å². The SMILES string of the molecule is Cc1nn(C)cc1C(O)C1(CN)CCCCCC1. The molecule has 0 amide bonds. The Kier molecular flexibility index (Phi) is 4.07. The largest absolute Gasteiger partial charge is 0.388 e. The number of nitrogens with two attached hydrogens (primary N) is 1. The maximum atomic E-state index is 10.8. The third-order valence-corrected chi connectivity index (χ3v) is 4.43. The van der Waals surface area contributed by atoms with Crippen molar-refractivity contribution in [2.24, 2.45) is 18.2 Å². The molecule has 0 bridgehead atoms. The number of aliphatic hydroxyl groups excluding tert-OH is 1. The molecule has 1 fully saturated rings. The molecule has 1 aromatic rings. The Morgan fingerprint density at radius 3 is 2.44 bits per heavy atom. The highest BCUT2D eigenvalue weighted by molar-refractivity contribution is 5.21. The van der Waals surface area contributed by atoms with E-state index in [-0.39, 0.29) is 5.41 Å². The smallest absolute Gasteiger partial charge is 0.0891 e. The lowest BCUT2D eigenvalue weighted by molar-refractivity contribution is 0.0162. The number of nitrogens with zero attached hydrogens (tertiary/aromatic N) is 2. The zero-order valence-electron chi connectivity index (χ0n) is 11.5. The number of aromatic nitrogens is 2. The topological polar surface area (TPSA) is 64.1 Å². The second kappa shape index (κ2) is 5.41. The summed E-state index contributed by atoms with van der Waals surface area (Å²) in [6.45, 7) is 2.52. The van der Waals surface area contributed by atoms with E-state index in [2.05, 4.69) is 5.10 Å². The van der Waals surface area contributed by atoms with E-state index < -0.39 is 6.10 Å². The van der Waals surface area contributed by atoms with Crippen LogP contribution >= 0.6 is 0 Å². The van der Waals surface area contributed by atoms with Crippen molar-refractivity contribution < 1.29 is 5.11 Å². The minimum Gasteiger partial charge on any atom is -0.388 e. The van der Waals surface area contributed by atoms with Gasteiger partial charge in [0.15, 0.2) is 0 Å². The van der Waals surface area contributed by atoms with Gasteiger partial charge in [0, 0.05) is 30.8 Å². The van der Waals surface area contributed by atoms with Gasteiger partial charge in [-0.25, -0.2) is 0 Å². The van der Waals surface area contributed by atoms with Crippen molar-refractivity contribution in [1.82, 2.24) is 9.78 Å². The van der Waals surface area contributed by atoms with Crippen molar-refractivity contribution >= 4 is 0 Å². The highest BCUT2D eigenvalue weighted by atomic mass is 16.3. The molecular weight excluding hydrogens is 226 g/mol. The van der Waals surface area contributed by atoms with Gasteiger partial charge in [0.1, 0.15) is 0 Å². The Balaban J connectivity index is 2.28. The predicted molar refractivity (Wildman–Crippen MR) is 72.1 cm³/mol. The summed E-state index contributed by atoms with van der Waals surface area (Å²) in [7, 11) is 1.89. The maximum Gasteiger partial charge on any atom is 0.0891 e.